The second-order valence-corrected chi connectivity index (χ2v) is 12.5. The second-order valence-electron chi connectivity index (χ2n) is 9.52. The molecule has 0 aliphatic carbocycles. The third-order valence-corrected chi connectivity index (χ3v) is 9.00. The number of carbonyl (C=O) groups is 2. The molecule has 0 fully saturated rings. The molecule has 0 aromatic heterocycles. The summed E-state index contributed by atoms with van der Waals surface area (Å²) < 4.78 is 28.9. The van der Waals surface area contributed by atoms with E-state index in [1.807, 2.05) is 85.8 Å². The average molecular weight is 623 g/mol. The van der Waals surface area contributed by atoms with Crippen molar-refractivity contribution in [2.75, 3.05) is 20.1 Å². The number of rotatable bonds is 11. The number of fused-ring (bicyclic) bond motifs is 1. The molecule has 1 N–H and O–H groups in total. The van der Waals surface area contributed by atoms with Crippen LogP contribution in [0.1, 0.15) is 18.1 Å². The van der Waals surface area contributed by atoms with E-state index in [0.717, 1.165) is 30.7 Å². The molecule has 2 amide bonds. The van der Waals surface area contributed by atoms with Crippen LogP contribution in [0, 0.1) is 0 Å². The molecule has 4 rings (SSSR count). The Labute approximate surface area is 244 Å². The Morgan fingerprint density at radius 1 is 0.850 bits per heavy atom. The molecule has 4 aromatic carbocycles. The summed E-state index contributed by atoms with van der Waals surface area (Å²) in [6.45, 7) is 1.95. The van der Waals surface area contributed by atoms with Gasteiger partial charge in [0.1, 0.15) is 6.04 Å². The number of sulfonamides is 1. The largest absolute Gasteiger partial charge is 0.355 e. The number of amides is 2. The van der Waals surface area contributed by atoms with Gasteiger partial charge in [-0.3, -0.25) is 9.59 Å². The van der Waals surface area contributed by atoms with Gasteiger partial charge in [-0.2, -0.15) is 4.31 Å². The minimum absolute atomic E-state index is 0.102. The average Bonchev–Trinajstić information content (AvgIpc) is 2.96. The lowest BCUT2D eigenvalue weighted by atomic mass is 10.0. The topological polar surface area (TPSA) is 86.8 Å². The zero-order chi connectivity index (χ0) is 28.7. The van der Waals surface area contributed by atoms with Crippen LogP contribution < -0.4 is 5.32 Å². The molecule has 7 nitrogen and oxygen atoms in total. The maximum atomic E-state index is 13.9. The van der Waals surface area contributed by atoms with Crippen LogP contribution in [0.25, 0.3) is 10.8 Å². The van der Waals surface area contributed by atoms with Gasteiger partial charge in [0.05, 0.1) is 11.4 Å². The summed E-state index contributed by atoms with van der Waals surface area (Å²) in [4.78, 5) is 28.8. The highest BCUT2D eigenvalue weighted by Gasteiger charge is 2.33. The third kappa shape index (κ3) is 7.15. The van der Waals surface area contributed by atoms with E-state index in [4.69, 9.17) is 0 Å². The molecule has 40 heavy (non-hydrogen) atoms. The Morgan fingerprint density at radius 2 is 1.50 bits per heavy atom. The second kappa shape index (κ2) is 13.2. The van der Waals surface area contributed by atoms with Gasteiger partial charge in [-0.05, 0) is 53.1 Å². The first-order chi connectivity index (χ1) is 19.2. The maximum Gasteiger partial charge on any atom is 0.243 e. The summed E-state index contributed by atoms with van der Waals surface area (Å²) in [6, 6.07) is 28.5. The maximum absolute atomic E-state index is 13.9. The number of likely N-dealkylation sites (N-methyl/N-ethyl adjacent to an activating group) is 2. The number of benzene rings is 4. The summed E-state index contributed by atoms with van der Waals surface area (Å²) in [7, 11) is -2.59. The Kier molecular flexibility index (Phi) is 9.73. The van der Waals surface area contributed by atoms with Crippen molar-refractivity contribution in [1.29, 1.82) is 0 Å². The van der Waals surface area contributed by atoms with Crippen molar-refractivity contribution in [3.8, 4) is 0 Å². The number of nitrogens with one attached hydrogen (secondary N) is 1. The van der Waals surface area contributed by atoms with E-state index in [0.29, 0.717) is 6.54 Å². The van der Waals surface area contributed by atoms with Crippen molar-refractivity contribution in [1.82, 2.24) is 14.5 Å². The first kappa shape index (κ1) is 29.5. The molecule has 0 bridgehead atoms. The number of halogens is 1. The number of hydrogen-bond acceptors (Lipinski definition) is 4. The van der Waals surface area contributed by atoms with E-state index in [1.54, 1.807) is 18.2 Å². The first-order valence-electron chi connectivity index (χ1n) is 13.0. The molecule has 0 saturated carbocycles. The minimum atomic E-state index is -3.97. The lowest BCUT2D eigenvalue weighted by molar-refractivity contribution is -0.141. The predicted molar refractivity (Wildman–Crippen MR) is 161 cm³/mol. The van der Waals surface area contributed by atoms with Crippen LogP contribution in [0.3, 0.4) is 0 Å². The van der Waals surface area contributed by atoms with Crippen LogP contribution >= 0.6 is 15.9 Å². The van der Waals surface area contributed by atoms with Crippen LogP contribution in [0.5, 0.6) is 0 Å². The van der Waals surface area contributed by atoms with Crippen LogP contribution in [-0.2, 0) is 32.6 Å². The molecule has 0 saturated heterocycles. The smallest absolute Gasteiger partial charge is 0.243 e. The number of carbonyl (C=O) groups excluding carboxylic acids is 2. The van der Waals surface area contributed by atoms with E-state index in [1.165, 1.54) is 11.9 Å². The SMILES string of the molecule is CCNC(=O)[C@@H](Cc1ccccc1)N(Cc1ccc(Br)cc1)C(=O)CN(C)S(=O)(=O)c1ccc2ccccc2c1. The predicted octanol–water partition coefficient (Wildman–Crippen LogP) is 5.00. The number of nitrogens with zero attached hydrogens (tertiary/aromatic N) is 2. The van der Waals surface area contributed by atoms with Gasteiger partial charge in [0.2, 0.25) is 21.8 Å². The summed E-state index contributed by atoms with van der Waals surface area (Å²) in [5.74, 6) is -0.765. The van der Waals surface area contributed by atoms with Crippen molar-refractivity contribution >= 4 is 48.5 Å². The van der Waals surface area contributed by atoms with Crippen molar-refractivity contribution in [3.63, 3.8) is 0 Å². The Balaban J connectivity index is 1.65. The molecular weight excluding hydrogens is 590 g/mol. The summed E-state index contributed by atoms with van der Waals surface area (Å²) in [6.07, 6.45) is 0.288. The van der Waals surface area contributed by atoms with E-state index in [9.17, 15) is 18.0 Å². The summed E-state index contributed by atoms with van der Waals surface area (Å²) >= 11 is 3.43. The Bertz CT molecular complexity index is 1580. The number of hydrogen-bond donors (Lipinski definition) is 1. The van der Waals surface area contributed by atoms with E-state index in [2.05, 4.69) is 21.2 Å². The van der Waals surface area contributed by atoms with Crippen LogP contribution in [0.4, 0.5) is 0 Å². The highest BCUT2D eigenvalue weighted by Crippen LogP contribution is 2.22. The zero-order valence-electron chi connectivity index (χ0n) is 22.5. The molecular formula is C31H32BrN3O4S. The molecule has 0 spiro atoms. The molecule has 0 radical (unpaired) electrons. The van der Waals surface area contributed by atoms with E-state index >= 15 is 0 Å². The van der Waals surface area contributed by atoms with Crippen molar-refractivity contribution in [2.45, 2.75) is 30.8 Å². The third-order valence-electron chi connectivity index (χ3n) is 6.68. The fourth-order valence-electron chi connectivity index (χ4n) is 4.51. The fraction of sp³-hybridized carbons (Fsp3) is 0.226. The van der Waals surface area contributed by atoms with Crippen LogP contribution in [0.15, 0.2) is 106 Å². The van der Waals surface area contributed by atoms with Crippen molar-refractivity contribution in [3.05, 3.63) is 113 Å². The monoisotopic (exact) mass is 621 g/mol. The van der Waals surface area contributed by atoms with Gasteiger partial charge < -0.3 is 10.2 Å². The quantitative estimate of drug-likeness (QED) is 0.255. The molecule has 4 aromatic rings. The normalized spacial score (nSPS) is 12.3. The highest BCUT2D eigenvalue weighted by molar-refractivity contribution is 9.10. The van der Waals surface area contributed by atoms with E-state index in [-0.39, 0.29) is 23.8 Å². The first-order valence-corrected chi connectivity index (χ1v) is 15.2. The Hall–Kier alpha value is -3.53. The highest BCUT2D eigenvalue weighted by atomic mass is 79.9. The molecule has 0 heterocycles. The van der Waals surface area contributed by atoms with Gasteiger partial charge in [-0.25, -0.2) is 8.42 Å². The van der Waals surface area contributed by atoms with E-state index < -0.39 is 28.5 Å². The van der Waals surface area contributed by atoms with Gasteiger partial charge >= 0.3 is 0 Å². The molecule has 0 aliphatic rings. The lowest BCUT2D eigenvalue weighted by Crippen LogP contribution is -2.53. The van der Waals surface area contributed by atoms with Crippen LogP contribution in [0.2, 0.25) is 0 Å². The summed E-state index contributed by atoms with van der Waals surface area (Å²) in [5, 5.41) is 4.56. The molecule has 0 aliphatic heterocycles. The van der Waals surface area contributed by atoms with Crippen molar-refractivity contribution < 1.29 is 18.0 Å². The molecule has 9 heteroatoms. The van der Waals surface area contributed by atoms with Gasteiger partial charge in [0.15, 0.2) is 0 Å². The molecule has 208 valence electrons. The molecule has 0 unspecified atom stereocenters. The Morgan fingerprint density at radius 3 is 2.17 bits per heavy atom. The standard InChI is InChI=1S/C31H32BrN3O4S/c1-3-33-31(37)29(19-23-9-5-4-6-10-23)35(21-24-13-16-27(32)17-14-24)30(36)22-34(2)40(38,39)28-18-15-25-11-7-8-12-26(25)20-28/h4-18,20,29H,3,19,21-22H2,1-2H3,(H,33,37)/t29-/m1/s1. The van der Waals surface area contributed by atoms with Crippen molar-refractivity contribution in [2.24, 2.45) is 0 Å². The summed E-state index contributed by atoms with van der Waals surface area (Å²) in [5.41, 5.74) is 1.71. The molecule has 1 atom stereocenters. The van der Waals surface area contributed by atoms with Gasteiger partial charge in [-0.1, -0.05) is 88.7 Å². The van der Waals surface area contributed by atoms with Crippen LogP contribution in [-0.4, -0.2) is 55.6 Å². The van der Waals surface area contributed by atoms with Gasteiger partial charge in [-0.15, -0.1) is 0 Å². The minimum Gasteiger partial charge on any atom is -0.355 e. The van der Waals surface area contributed by atoms with Gasteiger partial charge in [0, 0.05) is 31.0 Å². The zero-order valence-corrected chi connectivity index (χ0v) is 24.9. The van der Waals surface area contributed by atoms with Gasteiger partial charge in [0.25, 0.3) is 0 Å². The lowest BCUT2D eigenvalue weighted by Gasteiger charge is -2.32. The fourth-order valence-corrected chi connectivity index (χ4v) is 5.93.